The molecule has 0 fully saturated rings. The van der Waals surface area contributed by atoms with Gasteiger partial charge in [0.1, 0.15) is 24.0 Å². The van der Waals surface area contributed by atoms with Crippen LogP contribution in [0.25, 0.3) is 0 Å². The molecule has 0 amide bonds. The molecule has 0 unspecified atom stereocenters. The summed E-state index contributed by atoms with van der Waals surface area (Å²) in [6.07, 6.45) is 3.73. The van der Waals surface area contributed by atoms with E-state index in [1.807, 2.05) is 48.5 Å². The Morgan fingerprint density at radius 2 is 1.10 bits per heavy atom. The molecule has 0 saturated heterocycles. The van der Waals surface area contributed by atoms with Gasteiger partial charge in [0, 0.05) is 0 Å². The van der Waals surface area contributed by atoms with Crippen LogP contribution in [-0.4, -0.2) is 0 Å². The molecule has 0 aliphatic heterocycles. The molecule has 0 atom stereocenters. The normalized spacial score (nSPS) is 9.14. The molecule has 2 aromatic rings. The highest BCUT2D eigenvalue weighted by atomic mass is 16.5. The Kier molecular flexibility index (Phi) is 5.25. The summed E-state index contributed by atoms with van der Waals surface area (Å²) in [5, 5.41) is 0. The Morgan fingerprint density at radius 1 is 0.714 bits per heavy atom. The molecule has 2 nitrogen and oxygen atoms in total. The first-order valence-electron chi connectivity index (χ1n) is 6.51. The highest BCUT2D eigenvalue weighted by molar-refractivity contribution is 5.34. The molecule has 104 valence electrons. The van der Waals surface area contributed by atoms with E-state index in [9.17, 15) is 0 Å². The van der Waals surface area contributed by atoms with E-state index in [4.69, 9.17) is 9.47 Å². The van der Waals surface area contributed by atoms with Gasteiger partial charge in [0.2, 0.25) is 0 Å². The summed E-state index contributed by atoms with van der Waals surface area (Å²) in [5.41, 5.74) is 7.57. The zero-order chi connectivity index (χ0) is 14.9. The van der Waals surface area contributed by atoms with E-state index in [2.05, 4.69) is 24.6 Å². The van der Waals surface area contributed by atoms with Crippen molar-refractivity contribution in [2.75, 3.05) is 0 Å². The SMILES string of the molecule is C=C=COc1ccc(Cc2ccc(OC=C=C)cc2)cc1. The van der Waals surface area contributed by atoms with Gasteiger partial charge >= 0.3 is 0 Å². The monoisotopic (exact) mass is 276 g/mol. The molecule has 2 rings (SSSR count). The van der Waals surface area contributed by atoms with Crippen molar-refractivity contribution in [3.05, 3.63) is 96.8 Å². The second-order valence-corrected chi connectivity index (χ2v) is 4.34. The van der Waals surface area contributed by atoms with Crippen LogP contribution in [0.15, 0.2) is 85.7 Å². The lowest BCUT2D eigenvalue weighted by atomic mass is 10.0. The van der Waals surface area contributed by atoms with Gasteiger partial charge in [-0.2, -0.15) is 0 Å². The summed E-state index contributed by atoms with van der Waals surface area (Å²) in [5.74, 6) is 1.55. The quantitative estimate of drug-likeness (QED) is 0.565. The third-order valence-electron chi connectivity index (χ3n) is 2.81. The fourth-order valence-electron chi connectivity index (χ4n) is 1.83. The van der Waals surface area contributed by atoms with Gasteiger partial charge < -0.3 is 9.47 Å². The number of ether oxygens (including phenoxy) is 2. The summed E-state index contributed by atoms with van der Waals surface area (Å²) >= 11 is 0. The molecule has 0 N–H and O–H groups in total. The average molecular weight is 276 g/mol. The molecule has 0 radical (unpaired) electrons. The highest BCUT2D eigenvalue weighted by Gasteiger charge is 1.98. The standard InChI is InChI=1S/C19H16O2/c1-3-13-20-18-9-5-16(6-10-18)15-17-7-11-19(12-8-17)21-14-4-2/h5-14H,1-2,15H2. The van der Waals surface area contributed by atoms with Crippen LogP contribution in [0.2, 0.25) is 0 Å². The molecule has 2 aromatic carbocycles. The first kappa shape index (κ1) is 14.5. The van der Waals surface area contributed by atoms with Gasteiger partial charge in [-0.1, -0.05) is 48.9 Å². The van der Waals surface area contributed by atoms with Gasteiger partial charge in [-0.05, 0) is 41.8 Å². The van der Waals surface area contributed by atoms with Crippen LogP contribution < -0.4 is 9.47 Å². The topological polar surface area (TPSA) is 18.5 Å². The Balaban J connectivity index is 2.00. The third-order valence-corrected chi connectivity index (χ3v) is 2.81. The summed E-state index contributed by atoms with van der Waals surface area (Å²) < 4.78 is 10.6. The van der Waals surface area contributed by atoms with Crippen LogP contribution in [0.1, 0.15) is 11.1 Å². The maximum atomic E-state index is 5.28. The second-order valence-electron chi connectivity index (χ2n) is 4.34. The molecular formula is C19H16O2. The van der Waals surface area contributed by atoms with E-state index in [1.54, 1.807) is 0 Å². The van der Waals surface area contributed by atoms with Crippen LogP contribution in [0.3, 0.4) is 0 Å². The van der Waals surface area contributed by atoms with E-state index in [0.29, 0.717) is 0 Å². The first-order chi connectivity index (χ1) is 10.3. The first-order valence-corrected chi connectivity index (χ1v) is 6.51. The van der Waals surface area contributed by atoms with Crippen molar-refractivity contribution in [3.63, 3.8) is 0 Å². The summed E-state index contributed by atoms with van der Waals surface area (Å²) in [7, 11) is 0. The largest absolute Gasteiger partial charge is 0.457 e. The van der Waals surface area contributed by atoms with Gasteiger partial charge in [0.05, 0.1) is 0 Å². The van der Waals surface area contributed by atoms with Crippen molar-refractivity contribution in [1.82, 2.24) is 0 Å². The number of rotatable bonds is 6. The molecule has 2 heteroatoms. The molecule has 0 saturated carbocycles. The van der Waals surface area contributed by atoms with Gasteiger partial charge in [0.15, 0.2) is 0 Å². The highest BCUT2D eigenvalue weighted by Crippen LogP contribution is 2.18. The Bertz CT molecular complexity index is 607. The van der Waals surface area contributed by atoms with Gasteiger partial charge in [-0.15, -0.1) is 0 Å². The molecule has 0 aromatic heterocycles. The molecule has 0 spiro atoms. The lowest BCUT2D eigenvalue weighted by Gasteiger charge is -2.05. The zero-order valence-corrected chi connectivity index (χ0v) is 11.7. The minimum atomic E-state index is 0.773. The van der Waals surface area contributed by atoms with Gasteiger partial charge in [-0.25, -0.2) is 0 Å². The summed E-state index contributed by atoms with van der Waals surface area (Å²) in [4.78, 5) is 0. The summed E-state index contributed by atoms with van der Waals surface area (Å²) in [6, 6.07) is 15.9. The van der Waals surface area contributed by atoms with Crippen LogP contribution in [0.4, 0.5) is 0 Å². The smallest absolute Gasteiger partial charge is 0.133 e. The molecule has 0 aliphatic rings. The van der Waals surface area contributed by atoms with E-state index < -0.39 is 0 Å². The maximum Gasteiger partial charge on any atom is 0.133 e. The van der Waals surface area contributed by atoms with Crippen molar-refractivity contribution >= 4 is 0 Å². The molecular weight excluding hydrogens is 260 g/mol. The Hall–Kier alpha value is -2.92. The van der Waals surface area contributed by atoms with E-state index in [1.165, 1.54) is 23.7 Å². The van der Waals surface area contributed by atoms with Crippen LogP contribution in [0, 0.1) is 0 Å². The van der Waals surface area contributed by atoms with Gasteiger partial charge in [0.25, 0.3) is 0 Å². The van der Waals surface area contributed by atoms with E-state index in [-0.39, 0.29) is 0 Å². The van der Waals surface area contributed by atoms with Gasteiger partial charge in [-0.3, -0.25) is 0 Å². The third kappa shape index (κ3) is 4.59. The fraction of sp³-hybridized carbons (Fsp3) is 0.0526. The van der Waals surface area contributed by atoms with Crippen molar-refractivity contribution in [2.45, 2.75) is 6.42 Å². The van der Waals surface area contributed by atoms with E-state index >= 15 is 0 Å². The molecule has 0 aliphatic carbocycles. The minimum absolute atomic E-state index is 0.773. The zero-order valence-electron chi connectivity index (χ0n) is 11.7. The molecule has 21 heavy (non-hydrogen) atoms. The number of hydrogen-bond donors (Lipinski definition) is 0. The fourth-order valence-corrected chi connectivity index (χ4v) is 1.83. The van der Waals surface area contributed by atoms with Crippen LogP contribution in [-0.2, 0) is 6.42 Å². The summed E-state index contributed by atoms with van der Waals surface area (Å²) in [6.45, 7) is 6.90. The maximum absolute atomic E-state index is 5.28. The van der Waals surface area contributed by atoms with E-state index in [0.717, 1.165) is 17.9 Å². The van der Waals surface area contributed by atoms with Crippen LogP contribution in [0.5, 0.6) is 11.5 Å². The van der Waals surface area contributed by atoms with Crippen molar-refractivity contribution in [1.29, 1.82) is 0 Å². The predicted octanol–water partition coefficient (Wildman–Crippen LogP) is 4.63. The number of benzene rings is 2. The average Bonchev–Trinajstić information content (AvgIpc) is 2.53. The predicted molar refractivity (Wildman–Crippen MR) is 84.4 cm³/mol. The van der Waals surface area contributed by atoms with Crippen molar-refractivity contribution < 1.29 is 9.47 Å². The molecule has 0 bridgehead atoms. The number of hydrogen-bond acceptors (Lipinski definition) is 2. The Morgan fingerprint density at radius 3 is 1.43 bits per heavy atom. The minimum Gasteiger partial charge on any atom is -0.457 e. The van der Waals surface area contributed by atoms with Crippen molar-refractivity contribution in [2.24, 2.45) is 0 Å². The van der Waals surface area contributed by atoms with Crippen LogP contribution >= 0.6 is 0 Å². The lowest BCUT2D eigenvalue weighted by Crippen LogP contribution is -1.89. The second kappa shape index (κ2) is 7.62. The lowest BCUT2D eigenvalue weighted by molar-refractivity contribution is 0.482. The Labute approximate surface area is 125 Å². The molecule has 0 heterocycles. The van der Waals surface area contributed by atoms with Crippen molar-refractivity contribution in [3.8, 4) is 11.5 Å².